The maximum absolute atomic E-state index is 15.4. The van der Waals surface area contributed by atoms with Crippen LogP contribution in [-0.4, -0.2) is 54.8 Å². The van der Waals surface area contributed by atoms with Crippen LogP contribution in [0.3, 0.4) is 0 Å². The SMILES string of the molecule is CC(=O)N1CC(C)(F)c2c(Sc3ncc(N4CCC5(CC4)COCC5N)nc3N)cccc21. The summed E-state index contributed by atoms with van der Waals surface area (Å²) in [5.74, 6) is 0.853. The number of ether oxygens (including phenoxy) is 1. The summed E-state index contributed by atoms with van der Waals surface area (Å²) in [6.07, 6.45) is 3.62. The van der Waals surface area contributed by atoms with Gasteiger partial charge < -0.3 is 26.0 Å². The molecule has 176 valence electrons. The third-order valence-corrected chi connectivity index (χ3v) is 8.23. The second-order valence-electron chi connectivity index (χ2n) is 9.44. The molecule has 2 atom stereocenters. The molecule has 3 aliphatic heterocycles. The highest BCUT2D eigenvalue weighted by Crippen LogP contribution is 2.48. The predicted molar refractivity (Wildman–Crippen MR) is 126 cm³/mol. The van der Waals surface area contributed by atoms with E-state index in [0.717, 1.165) is 38.4 Å². The lowest BCUT2D eigenvalue weighted by molar-refractivity contribution is -0.116. The molecule has 1 aromatic heterocycles. The molecule has 3 aliphatic rings. The predicted octanol–water partition coefficient (Wildman–Crippen LogP) is 2.71. The summed E-state index contributed by atoms with van der Waals surface area (Å²) >= 11 is 1.28. The van der Waals surface area contributed by atoms with Crippen molar-refractivity contribution in [3.8, 4) is 0 Å². The van der Waals surface area contributed by atoms with Crippen molar-refractivity contribution in [2.24, 2.45) is 11.1 Å². The van der Waals surface area contributed by atoms with Gasteiger partial charge >= 0.3 is 0 Å². The van der Waals surface area contributed by atoms with E-state index in [-0.39, 0.29) is 23.9 Å². The monoisotopic (exact) mass is 472 g/mol. The number of fused-ring (bicyclic) bond motifs is 1. The van der Waals surface area contributed by atoms with Gasteiger partial charge in [-0.05, 0) is 31.9 Å². The average Bonchev–Trinajstić information content (AvgIpc) is 3.27. The number of nitrogens with zero attached hydrogens (tertiary/aromatic N) is 4. The Balaban J connectivity index is 1.35. The van der Waals surface area contributed by atoms with Crippen LogP contribution in [-0.2, 0) is 15.2 Å². The Morgan fingerprint density at radius 3 is 2.73 bits per heavy atom. The minimum absolute atomic E-state index is 0.000483. The molecular weight excluding hydrogens is 443 g/mol. The standard InChI is InChI=1S/C23H29FN6O2S/c1-14(31)30-12-22(2,24)19-15(30)4-3-5-16(19)33-21-20(26)28-18(10-27-21)29-8-6-23(7-9-29)13-32-11-17(23)25/h3-5,10,17H,6-9,11-13,25H2,1-2H3,(H2,26,28). The number of carbonyl (C=O) groups is 1. The molecule has 0 aliphatic carbocycles. The van der Waals surface area contributed by atoms with Crippen LogP contribution in [0.4, 0.5) is 21.7 Å². The molecule has 0 saturated carbocycles. The van der Waals surface area contributed by atoms with Crippen molar-refractivity contribution < 1.29 is 13.9 Å². The van der Waals surface area contributed by atoms with Crippen LogP contribution in [0.1, 0.15) is 32.3 Å². The number of anilines is 3. The van der Waals surface area contributed by atoms with Gasteiger partial charge in [0.15, 0.2) is 11.5 Å². The zero-order valence-electron chi connectivity index (χ0n) is 18.9. The van der Waals surface area contributed by atoms with Crippen molar-refractivity contribution >= 4 is 35.0 Å². The van der Waals surface area contributed by atoms with Crippen molar-refractivity contribution in [2.75, 3.05) is 48.4 Å². The third kappa shape index (κ3) is 3.83. The zero-order chi connectivity index (χ0) is 23.4. The Kier molecular flexibility index (Phi) is 5.49. The van der Waals surface area contributed by atoms with E-state index in [2.05, 4.69) is 14.9 Å². The fraction of sp³-hybridized carbons (Fsp3) is 0.522. The highest BCUT2D eigenvalue weighted by molar-refractivity contribution is 7.99. The van der Waals surface area contributed by atoms with E-state index in [0.29, 0.717) is 33.6 Å². The van der Waals surface area contributed by atoms with Gasteiger partial charge in [-0.25, -0.2) is 14.4 Å². The number of benzene rings is 1. The number of rotatable bonds is 3. The normalized spacial score (nSPS) is 26.1. The lowest BCUT2D eigenvalue weighted by atomic mass is 9.75. The molecule has 2 aromatic rings. The fourth-order valence-corrected chi connectivity index (χ4v) is 6.21. The van der Waals surface area contributed by atoms with Gasteiger partial charge in [0.05, 0.1) is 31.6 Å². The van der Waals surface area contributed by atoms with Gasteiger partial charge in [0.2, 0.25) is 5.91 Å². The van der Waals surface area contributed by atoms with Crippen molar-refractivity contribution in [1.29, 1.82) is 0 Å². The van der Waals surface area contributed by atoms with E-state index < -0.39 is 5.67 Å². The van der Waals surface area contributed by atoms with E-state index in [4.69, 9.17) is 16.2 Å². The van der Waals surface area contributed by atoms with Gasteiger partial charge in [0.1, 0.15) is 10.8 Å². The molecular formula is C23H29FN6O2S. The highest BCUT2D eigenvalue weighted by atomic mass is 32.2. The van der Waals surface area contributed by atoms with Gasteiger partial charge in [-0.2, -0.15) is 0 Å². The lowest BCUT2D eigenvalue weighted by Crippen LogP contribution is -2.49. The number of piperidine rings is 1. The van der Waals surface area contributed by atoms with Gasteiger partial charge in [-0.15, -0.1) is 0 Å². The third-order valence-electron chi connectivity index (χ3n) is 7.17. The van der Waals surface area contributed by atoms with E-state index in [9.17, 15) is 4.79 Å². The number of amides is 1. The Morgan fingerprint density at radius 1 is 1.33 bits per heavy atom. The quantitative estimate of drug-likeness (QED) is 0.702. The molecule has 1 aromatic carbocycles. The van der Waals surface area contributed by atoms with Crippen molar-refractivity contribution in [2.45, 2.75) is 48.3 Å². The summed E-state index contributed by atoms with van der Waals surface area (Å²) in [6, 6.07) is 5.50. The number of hydrogen-bond acceptors (Lipinski definition) is 8. The first kappa shape index (κ1) is 22.4. The number of halogens is 1. The first-order chi connectivity index (χ1) is 15.7. The maximum atomic E-state index is 15.4. The molecule has 1 spiro atoms. The number of aromatic nitrogens is 2. The second kappa shape index (κ2) is 8.11. The summed E-state index contributed by atoms with van der Waals surface area (Å²) in [4.78, 5) is 25.5. The minimum Gasteiger partial charge on any atom is -0.381 e. The maximum Gasteiger partial charge on any atom is 0.223 e. The summed E-state index contributed by atoms with van der Waals surface area (Å²) in [6.45, 7) is 5.95. The number of nitrogen functional groups attached to an aromatic ring is 1. The largest absolute Gasteiger partial charge is 0.381 e. The second-order valence-corrected chi connectivity index (χ2v) is 10.5. The number of carbonyl (C=O) groups excluding carboxylic acids is 1. The zero-order valence-corrected chi connectivity index (χ0v) is 19.7. The van der Waals surface area contributed by atoms with Crippen LogP contribution in [0, 0.1) is 5.41 Å². The van der Waals surface area contributed by atoms with E-state index in [1.165, 1.54) is 30.5 Å². The molecule has 2 saturated heterocycles. The molecule has 33 heavy (non-hydrogen) atoms. The molecule has 8 nitrogen and oxygen atoms in total. The molecule has 1 amide bonds. The minimum atomic E-state index is -1.65. The molecule has 0 bridgehead atoms. The Hall–Kier alpha value is -2.43. The van der Waals surface area contributed by atoms with Crippen LogP contribution in [0.2, 0.25) is 0 Å². The summed E-state index contributed by atoms with van der Waals surface area (Å²) in [7, 11) is 0. The number of nitrogens with two attached hydrogens (primary N) is 2. The van der Waals surface area contributed by atoms with Crippen LogP contribution in [0.25, 0.3) is 0 Å². The molecule has 2 unspecified atom stereocenters. The smallest absolute Gasteiger partial charge is 0.223 e. The topological polar surface area (TPSA) is 111 Å². The van der Waals surface area contributed by atoms with E-state index in [1.807, 2.05) is 12.1 Å². The Bertz CT molecular complexity index is 1090. The van der Waals surface area contributed by atoms with Crippen molar-refractivity contribution in [1.82, 2.24) is 9.97 Å². The molecule has 5 rings (SSSR count). The van der Waals surface area contributed by atoms with Gasteiger partial charge in [-0.1, -0.05) is 17.8 Å². The van der Waals surface area contributed by atoms with Crippen LogP contribution in [0.15, 0.2) is 34.3 Å². The van der Waals surface area contributed by atoms with Crippen LogP contribution in [0.5, 0.6) is 0 Å². The number of alkyl halides is 1. The number of hydrogen-bond donors (Lipinski definition) is 2. The molecule has 10 heteroatoms. The summed E-state index contributed by atoms with van der Waals surface area (Å²) in [5.41, 5.74) is 12.1. The lowest BCUT2D eigenvalue weighted by Gasteiger charge is -2.41. The van der Waals surface area contributed by atoms with Crippen LogP contribution >= 0.6 is 11.8 Å². The molecule has 4 N–H and O–H groups in total. The fourth-order valence-electron chi connectivity index (χ4n) is 5.18. The van der Waals surface area contributed by atoms with Crippen LogP contribution < -0.4 is 21.3 Å². The van der Waals surface area contributed by atoms with Crippen molar-refractivity contribution in [3.63, 3.8) is 0 Å². The average molecular weight is 473 g/mol. The first-order valence-corrected chi connectivity index (χ1v) is 12.0. The van der Waals surface area contributed by atoms with Gasteiger partial charge in [0.25, 0.3) is 0 Å². The van der Waals surface area contributed by atoms with E-state index >= 15 is 4.39 Å². The first-order valence-electron chi connectivity index (χ1n) is 11.2. The Labute approximate surface area is 196 Å². The summed E-state index contributed by atoms with van der Waals surface area (Å²) in [5, 5.41) is 0.518. The van der Waals surface area contributed by atoms with Gasteiger partial charge in [0, 0.05) is 41.9 Å². The molecule has 0 radical (unpaired) electrons. The Morgan fingerprint density at radius 2 is 2.09 bits per heavy atom. The molecule has 2 fully saturated rings. The van der Waals surface area contributed by atoms with Crippen molar-refractivity contribution in [3.05, 3.63) is 30.0 Å². The van der Waals surface area contributed by atoms with E-state index in [1.54, 1.807) is 12.3 Å². The molecule has 4 heterocycles. The highest BCUT2D eigenvalue weighted by Gasteiger charge is 2.45. The van der Waals surface area contributed by atoms with Gasteiger partial charge in [-0.3, -0.25) is 4.79 Å². The summed E-state index contributed by atoms with van der Waals surface area (Å²) < 4.78 is 21.0.